The topological polar surface area (TPSA) is 60.5 Å². The van der Waals surface area contributed by atoms with Crippen LogP contribution in [-0.2, 0) is 9.53 Å². The highest BCUT2D eigenvalue weighted by Gasteiger charge is 2.26. The zero-order valence-corrected chi connectivity index (χ0v) is 15.0. The Balaban J connectivity index is 1.80. The number of nitrogens with zero attached hydrogens (tertiary/aromatic N) is 1. The highest BCUT2D eigenvalue weighted by atomic mass is 32.2. The number of fused-ring (bicyclic) bond motifs is 1. The number of carbonyl (C=O) groups excluding carboxylic acids is 1. The van der Waals surface area contributed by atoms with Gasteiger partial charge in [0.05, 0.1) is 5.52 Å². The van der Waals surface area contributed by atoms with Crippen LogP contribution in [0.2, 0.25) is 0 Å². The fourth-order valence-electron chi connectivity index (χ4n) is 2.71. The van der Waals surface area contributed by atoms with Crippen LogP contribution >= 0.6 is 11.8 Å². The fourth-order valence-corrected chi connectivity index (χ4v) is 3.11. The van der Waals surface area contributed by atoms with Crippen molar-refractivity contribution in [1.82, 2.24) is 10.3 Å². The van der Waals surface area contributed by atoms with Crippen molar-refractivity contribution in [2.45, 2.75) is 43.4 Å². The van der Waals surface area contributed by atoms with Crippen molar-refractivity contribution in [3.8, 4) is 5.75 Å². The van der Waals surface area contributed by atoms with Gasteiger partial charge in [0.2, 0.25) is 0 Å². The first-order valence-electron chi connectivity index (χ1n) is 8.05. The van der Waals surface area contributed by atoms with Gasteiger partial charge in [0, 0.05) is 29.6 Å². The molecule has 2 aromatic rings. The summed E-state index contributed by atoms with van der Waals surface area (Å²) in [6, 6.07) is 6.11. The maximum absolute atomic E-state index is 12.3. The molecule has 1 saturated carbocycles. The standard InChI is InChI=1S/C18H22N2O3S/c1-11-7-14(8-12-9-15(24-3)10-19-16(11)12)23-18(22-2)17(21)20-13-5-4-6-13/h7-10,13,18H,4-6H2,1-3H3,(H,20,21). The van der Waals surface area contributed by atoms with E-state index in [1.807, 2.05) is 31.5 Å². The minimum Gasteiger partial charge on any atom is -0.455 e. The van der Waals surface area contributed by atoms with E-state index in [1.54, 1.807) is 11.8 Å². The van der Waals surface area contributed by atoms with Gasteiger partial charge in [0.15, 0.2) is 0 Å². The third-order valence-electron chi connectivity index (χ3n) is 4.28. The number of hydrogen-bond acceptors (Lipinski definition) is 5. The van der Waals surface area contributed by atoms with E-state index in [4.69, 9.17) is 9.47 Å². The molecule has 0 saturated heterocycles. The summed E-state index contributed by atoms with van der Waals surface area (Å²) in [6.07, 6.45) is 6.16. The Morgan fingerprint density at radius 3 is 2.79 bits per heavy atom. The normalized spacial score (nSPS) is 15.8. The van der Waals surface area contributed by atoms with Crippen LogP contribution in [0, 0.1) is 6.92 Å². The van der Waals surface area contributed by atoms with E-state index in [0.29, 0.717) is 5.75 Å². The van der Waals surface area contributed by atoms with Gasteiger partial charge in [-0.05, 0) is 56.2 Å². The van der Waals surface area contributed by atoms with Gasteiger partial charge in [-0.25, -0.2) is 0 Å². The molecule has 1 aromatic carbocycles. The second-order valence-electron chi connectivity index (χ2n) is 6.01. The molecule has 0 bridgehead atoms. The second kappa shape index (κ2) is 7.40. The van der Waals surface area contributed by atoms with Crippen LogP contribution in [0.3, 0.4) is 0 Å². The van der Waals surface area contributed by atoms with Gasteiger partial charge in [-0.1, -0.05) is 0 Å². The maximum Gasteiger partial charge on any atom is 0.289 e. The molecule has 6 heteroatoms. The number of aromatic nitrogens is 1. The Kier molecular flexibility index (Phi) is 5.26. The van der Waals surface area contributed by atoms with Gasteiger partial charge in [0.1, 0.15) is 5.75 Å². The van der Waals surface area contributed by atoms with Crippen molar-refractivity contribution >= 4 is 28.6 Å². The summed E-state index contributed by atoms with van der Waals surface area (Å²) in [5.74, 6) is 0.381. The lowest BCUT2D eigenvalue weighted by Crippen LogP contribution is -2.47. The highest BCUT2D eigenvalue weighted by Crippen LogP contribution is 2.27. The molecule has 0 aliphatic heterocycles. The van der Waals surface area contributed by atoms with E-state index in [1.165, 1.54) is 7.11 Å². The Morgan fingerprint density at radius 1 is 1.38 bits per heavy atom. The molecule has 128 valence electrons. The lowest BCUT2D eigenvalue weighted by Gasteiger charge is -2.28. The van der Waals surface area contributed by atoms with E-state index in [-0.39, 0.29) is 11.9 Å². The van der Waals surface area contributed by atoms with Crippen LogP contribution in [0.25, 0.3) is 10.9 Å². The number of benzene rings is 1. The average molecular weight is 346 g/mol. The number of ether oxygens (including phenoxy) is 2. The van der Waals surface area contributed by atoms with E-state index in [0.717, 1.165) is 40.6 Å². The number of nitrogens with one attached hydrogen (secondary N) is 1. The quantitative estimate of drug-likeness (QED) is 0.642. The molecule has 1 heterocycles. The van der Waals surface area contributed by atoms with E-state index >= 15 is 0 Å². The molecule has 24 heavy (non-hydrogen) atoms. The Morgan fingerprint density at radius 2 is 2.17 bits per heavy atom. The summed E-state index contributed by atoms with van der Waals surface area (Å²) >= 11 is 1.64. The van der Waals surface area contributed by atoms with E-state index in [2.05, 4.69) is 16.4 Å². The predicted octanol–water partition coefficient (Wildman–Crippen LogP) is 3.29. The van der Waals surface area contributed by atoms with Crippen LogP contribution in [0.4, 0.5) is 0 Å². The predicted molar refractivity (Wildman–Crippen MR) is 95.5 cm³/mol. The molecular weight excluding hydrogens is 324 g/mol. The monoisotopic (exact) mass is 346 g/mol. The molecule has 1 aliphatic carbocycles. The van der Waals surface area contributed by atoms with Crippen molar-refractivity contribution < 1.29 is 14.3 Å². The lowest BCUT2D eigenvalue weighted by atomic mass is 9.93. The number of hydrogen-bond donors (Lipinski definition) is 1. The smallest absolute Gasteiger partial charge is 0.289 e. The third kappa shape index (κ3) is 3.65. The molecule has 1 aliphatic rings. The molecule has 1 atom stereocenters. The molecule has 1 unspecified atom stereocenters. The Bertz CT molecular complexity index is 746. The molecule has 0 spiro atoms. The Hall–Kier alpha value is -1.79. The first-order valence-corrected chi connectivity index (χ1v) is 9.27. The number of carbonyl (C=O) groups is 1. The SMILES string of the molecule is COC(Oc1cc(C)c2ncc(SC)cc2c1)C(=O)NC1CCC1. The summed E-state index contributed by atoms with van der Waals surface area (Å²) in [5, 5.41) is 3.94. The second-order valence-corrected chi connectivity index (χ2v) is 6.89. The summed E-state index contributed by atoms with van der Waals surface area (Å²) in [6.45, 7) is 1.98. The van der Waals surface area contributed by atoms with Crippen molar-refractivity contribution in [2.24, 2.45) is 0 Å². The molecule has 1 fully saturated rings. The van der Waals surface area contributed by atoms with Crippen LogP contribution in [-0.4, -0.2) is 36.6 Å². The molecule has 5 nitrogen and oxygen atoms in total. The maximum atomic E-state index is 12.3. The van der Waals surface area contributed by atoms with Gasteiger partial charge in [-0.3, -0.25) is 9.78 Å². The number of aryl methyl sites for hydroxylation is 1. The van der Waals surface area contributed by atoms with Gasteiger partial charge >= 0.3 is 0 Å². The van der Waals surface area contributed by atoms with Gasteiger partial charge in [0.25, 0.3) is 12.2 Å². The molecule has 1 amide bonds. The Labute approximate surface area is 146 Å². The number of thioether (sulfide) groups is 1. The van der Waals surface area contributed by atoms with E-state index < -0.39 is 6.29 Å². The molecule has 0 radical (unpaired) electrons. The summed E-state index contributed by atoms with van der Waals surface area (Å²) in [7, 11) is 1.48. The molecule has 1 N–H and O–H groups in total. The van der Waals surface area contributed by atoms with Gasteiger partial charge in [-0.15, -0.1) is 11.8 Å². The van der Waals surface area contributed by atoms with Crippen LogP contribution in [0.15, 0.2) is 29.3 Å². The number of methoxy groups -OCH3 is 1. The first-order chi connectivity index (χ1) is 11.6. The minimum absolute atomic E-state index is 0.226. The lowest BCUT2D eigenvalue weighted by molar-refractivity contribution is -0.149. The van der Waals surface area contributed by atoms with Gasteiger partial charge < -0.3 is 14.8 Å². The van der Waals surface area contributed by atoms with Crippen LogP contribution < -0.4 is 10.1 Å². The summed E-state index contributed by atoms with van der Waals surface area (Å²) < 4.78 is 11.0. The third-order valence-corrected chi connectivity index (χ3v) is 4.98. The van der Waals surface area contributed by atoms with Crippen molar-refractivity contribution in [3.63, 3.8) is 0 Å². The number of pyridine rings is 1. The largest absolute Gasteiger partial charge is 0.455 e. The van der Waals surface area contributed by atoms with Crippen molar-refractivity contribution in [1.29, 1.82) is 0 Å². The van der Waals surface area contributed by atoms with Crippen LogP contribution in [0.1, 0.15) is 24.8 Å². The number of amides is 1. The van der Waals surface area contributed by atoms with Crippen LogP contribution in [0.5, 0.6) is 5.75 Å². The molecule has 1 aromatic heterocycles. The fraction of sp³-hybridized carbons (Fsp3) is 0.444. The first kappa shape index (κ1) is 17.0. The van der Waals surface area contributed by atoms with Gasteiger partial charge in [-0.2, -0.15) is 0 Å². The average Bonchev–Trinajstić information content (AvgIpc) is 2.55. The highest BCUT2D eigenvalue weighted by molar-refractivity contribution is 7.98. The summed E-state index contributed by atoms with van der Waals surface area (Å²) in [5.41, 5.74) is 1.94. The van der Waals surface area contributed by atoms with Crippen molar-refractivity contribution in [3.05, 3.63) is 30.0 Å². The number of rotatable bonds is 6. The summed E-state index contributed by atoms with van der Waals surface area (Å²) in [4.78, 5) is 17.8. The minimum atomic E-state index is -0.945. The zero-order valence-electron chi connectivity index (χ0n) is 14.2. The molecular formula is C18H22N2O3S. The van der Waals surface area contributed by atoms with E-state index in [9.17, 15) is 4.79 Å². The van der Waals surface area contributed by atoms with Crippen molar-refractivity contribution in [2.75, 3.05) is 13.4 Å². The molecule has 3 rings (SSSR count). The zero-order chi connectivity index (χ0) is 17.1.